The first kappa shape index (κ1) is 16.6. The number of halogens is 1. The van der Waals surface area contributed by atoms with Gasteiger partial charge in [0.1, 0.15) is 5.82 Å². The van der Waals surface area contributed by atoms with Gasteiger partial charge in [0, 0.05) is 30.5 Å². The molecule has 1 saturated heterocycles. The Morgan fingerprint density at radius 1 is 1.33 bits per heavy atom. The molecule has 1 aliphatic heterocycles. The van der Waals surface area contributed by atoms with Crippen LogP contribution in [0.5, 0.6) is 0 Å². The SMILES string of the molecule is CN1C(=O)CC[C@@H](C(=O)NCc2ccccc2F)[C@H]1c1cccs1. The minimum atomic E-state index is -0.330. The molecule has 2 amide bonds. The van der Waals surface area contributed by atoms with Gasteiger partial charge in [0.05, 0.1) is 12.0 Å². The van der Waals surface area contributed by atoms with Gasteiger partial charge in [0.25, 0.3) is 0 Å². The number of thiophene rings is 1. The number of benzene rings is 1. The fraction of sp³-hybridized carbons (Fsp3) is 0.333. The maximum Gasteiger partial charge on any atom is 0.225 e. The van der Waals surface area contributed by atoms with E-state index in [1.165, 1.54) is 17.4 Å². The zero-order chi connectivity index (χ0) is 17.1. The van der Waals surface area contributed by atoms with Crippen LogP contribution in [0.4, 0.5) is 4.39 Å². The molecule has 126 valence electrons. The zero-order valence-corrected chi connectivity index (χ0v) is 14.2. The Labute approximate surface area is 144 Å². The standard InChI is InChI=1S/C18H19FN2O2S/c1-21-16(22)9-8-13(17(21)15-7-4-10-24-15)18(23)20-11-12-5-2-3-6-14(12)19/h2-7,10,13,17H,8-9,11H2,1H3,(H,20,23)/t13-,17+/m1/s1. The number of carbonyl (C=O) groups excluding carboxylic acids is 2. The summed E-state index contributed by atoms with van der Waals surface area (Å²) < 4.78 is 13.7. The Balaban J connectivity index is 1.74. The van der Waals surface area contributed by atoms with Crippen molar-refractivity contribution in [1.29, 1.82) is 0 Å². The van der Waals surface area contributed by atoms with Crippen molar-refractivity contribution < 1.29 is 14.0 Å². The number of piperidine rings is 1. The topological polar surface area (TPSA) is 49.4 Å². The highest BCUT2D eigenvalue weighted by atomic mass is 32.1. The van der Waals surface area contributed by atoms with Crippen molar-refractivity contribution in [1.82, 2.24) is 10.2 Å². The lowest BCUT2D eigenvalue weighted by molar-refractivity contribution is -0.141. The summed E-state index contributed by atoms with van der Waals surface area (Å²) in [6, 6.07) is 10.0. The molecular weight excluding hydrogens is 327 g/mol. The number of rotatable bonds is 4. The van der Waals surface area contributed by atoms with Crippen LogP contribution in [0.15, 0.2) is 41.8 Å². The fourth-order valence-electron chi connectivity index (χ4n) is 3.12. The third-order valence-corrected chi connectivity index (χ3v) is 5.39. The normalized spacial score (nSPS) is 20.9. The van der Waals surface area contributed by atoms with E-state index in [2.05, 4.69) is 5.32 Å². The van der Waals surface area contributed by atoms with Crippen molar-refractivity contribution in [3.05, 3.63) is 58.0 Å². The van der Waals surface area contributed by atoms with E-state index in [-0.39, 0.29) is 36.1 Å². The summed E-state index contributed by atoms with van der Waals surface area (Å²) in [4.78, 5) is 27.4. The lowest BCUT2D eigenvalue weighted by Gasteiger charge is -2.37. The van der Waals surface area contributed by atoms with Crippen LogP contribution in [0.25, 0.3) is 0 Å². The highest BCUT2D eigenvalue weighted by molar-refractivity contribution is 7.10. The van der Waals surface area contributed by atoms with Crippen LogP contribution in [0, 0.1) is 11.7 Å². The van der Waals surface area contributed by atoms with Crippen LogP contribution in [0.3, 0.4) is 0 Å². The van der Waals surface area contributed by atoms with E-state index in [4.69, 9.17) is 0 Å². The smallest absolute Gasteiger partial charge is 0.225 e. The molecule has 0 spiro atoms. The predicted molar refractivity (Wildman–Crippen MR) is 90.8 cm³/mol. The number of nitrogens with zero attached hydrogens (tertiary/aromatic N) is 1. The van der Waals surface area contributed by atoms with Gasteiger partial charge in [-0.15, -0.1) is 11.3 Å². The molecule has 1 aliphatic rings. The fourth-order valence-corrected chi connectivity index (χ4v) is 4.05. The van der Waals surface area contributed by atoms with E-state index in [1.54, 1.807) is 30.1 Å². The van der Waals surface area contributed by atoms with Gasteiger partial charge in [-0.05, 0) is 23.9 Å². The second-order valence-corrected chi connectivity index (χ2v) is 6.90. The number of amides is 2. The van der Waals surface area contributed by atoms with Crippen molar-refractivity contribution in [3.8, 4) is 0 Å². The van der Waals surface area contributed by atoms with Gasteiger partial charge in [0.15, 0.2) is 0 Å². The van der Waals surface area contributed by atoms with Crippen molar-refractivity contribution in [3.63, 3.8) is 0 Å². The molecule has 1 fully saturated rings. The van der Waals surface area contributed by atoms with E-state index < -0.39 is 0 Å². The number of likely N-dealkylation sites (tertiary alicyclic amines) is 1. The molecule has 2 heterocycles. The largest absolute Gasteiger partial charge is 0.352 e. The summed E-state index contributed by atoms with van der Waals surface area (Å²) in [6.45, 7) is 0.150. The first-order chi connectivity index (χ1) is 11.6. The third-order valence-electron chi connectivity index (χ3n) is 4.44. The van der Waals surface area contributed by atoms with E-state index in [9.17, 15) is 14.0 Å². The first-order valence-electron chi connectivity index (χ1n) is 7.88. The van der Waals surface area contributed by atoms with Gasteiger partial charge in [-0.1, -0.05) is 24.3 Å². The van der Waals surface area contributed by atoms with Gasteiger partial charge in [-0.2, -0.15) is 0 Å². The zero-order valence-electron chi connectivity index (χ0n) is 13.4. The Morgan fingerprint density at radius 3 is 2.83 bits per heavy atom. The van der Waals surface area contributed by atoms with Gasteiger partial charge in [0.2, 0.25) is 11.8 Å². The molecule has 4 nitrogen and oxygen atoms in total. The van der Waals surface area contributed by atoms with Crippen molar-refractivity contribution >= 4 is 23.2 Å². The van der Waals surface area contributed by atoms with E-state index >= 15 is 0 Å². The molecule has 1 N–H and O–H groups in total. The number of carbonyl (C=O) groups is 2. The van der Waals surface area contributed by atoms with E-state index in [0.29, 0.717) is 18.4 Å². The van der Waals surface area contributed by atoms with Crippen molar-refractivity contribution in [2.24, 2.45) is 5.92 Å². The Morgan fingerprint density at radius 2 is 2.12 bits per heavy atom. The maximum absolute atomic E-state index is 13.7. The second-order valence-electron chi connectivity index (χ2n) is 5.92. The van der Waals surface area contributed by atoms with Crippen LogP contribution < -0.4 is 5.32 Å². The summed E-state index contributed by atoms with van der Waals surface area (Å²) in [5.74, 6) is -0.746. The molecule has 0 bridgehead atoms. The minimum absolute atomic E-state index is 0.0477. The van der Waals surface area contributed by atoms with E-state index in [0.717, 1.165) is 4.88 Å². The molecule has 2 aromatic rings. The number of hydrogen-bond donors (Lipinski definition) is 1. The quantitative estimate of drug-likeness (QED) is 0.925. The highest BCUT2D eigenvalue weighted by Gasteiger charge is 2.39. The molecule has 0 radical (unpaired) electrons. The molecule has 0 aliphatic carbocycles. The Kier molecular flexibility index (Phi) is 4.94. The Bertz CT molecular complexity index is 732. The van der Waals surface area contributed by atoms with E-state index in [1.807, 2.05) is 17.5 Å². The Hall–Kier alpha value is -2.21. The molecular formula is C18H19FN2O2S. The molecule has 24 heavy (non-hydrogen) atoms. The minimum Gasteiger partial charge on any atom is -0.352 e. The summed E-state index contributed by atoms with van der Waals surface area (Å²) >= 11 is 1.54. The van der Waals surface area contributed by atoms with Gasteiger partial charge in [-0.3, -0.25) is 9.59 Å². The summed E-state index contributed by atoms with van der Waals surface area (Å²) in [5, 5.41) is 4.77. The first-order valence-corrected chi connectivity index (χ1v) is 8.76. The summed E-state index contributed by atoms with van der Waals surface area (Å²) in [7, 11) is 1.74. The van der Waals surface area contributed by atoms with Crippen LogP contribution in [-0.4, -0.2) is 23.8 Å². The number of hydrogen-bond acceptors (Lipinski definition) is 3. The number of nitrogens with one attached hydrogen (secondary N) is 1. The van der Waals surface area contributed by atoms with Crippen LogP contribution in [0.1, 0.15) is 29.3 Å². The van der Waals surface area contributed by atoms with Crippen molar-refractivity contribution in [2.75, 3.05) is 7.05 Å². The monoisotopic (exact) mass is 346 g/mol. The van der Waals surface area contributed by atoms with Crippen LogP contribution in [-0.2, 0) is 16.1 Å². The molecule has 0 saturated carbocycles. The predicted octanol–water partition coefficient (Wildman–Crippen LogP) is 3.11. The van der Waals surface area contributed by atoms with Gasteiger partial charge in [-0.25, -0.2) is 4.39 Å². The molecule has 1 aromatic carbocycles. The van der Waals surface area contributed by atoms with Crippen molar-refractivity contribution in [2.45, 2.75) is 25.4 Å². The van der Waals surface area contributed by atoms with Crippen LogP contribution in [0.2, 0.25) is 0 Å². The molecule has 6 heteroatoms. The average molecular weight is 346 g/mol. The van der Waals surface area contributed by atoms with Gasteiger partial charge < -0.3 is 10.2 Å². The average Bonchev–Trinajstić information content (AvgIpc) is 3.10. The third kappa shape index (κ3) is 3.33. The molecule has 3 rings (SSSR count). The summed E-state index contributed by atoms with van der Waals surface area (Å²) in [6.07, 6.45) is 0.866. The lowest BCUT2D eigenvalue weighted by Crippen LogP contribution is -2.46. The lowest BCUT2D eigenvalue weighted by atomic mass is 9.87. The molecule has 0 unspecified atom stereocenters. The summed E-state index contributed by atoms with van der Waals surface area (Å²) in [5.41, 5.74) is 0.457. The molecule has 2 atom stereocenters. The second kappa shape index (κ2) is 7.13. The van der Waals surface area contributed by atoms with Gasteiger partial charge >= 0.3 is 0 Å². The molecule has 1 aromatic heterocycles. The maximum atomic E-state index is 13.7. The van der Waals surface area contributed by atoms with Crippen LogP contribution >= 0.6 is 11.3 Å². The highest BCUT2D eigenvalue weighted by Crippen LogP contribution is 2.37.